The molecule has 0 unspecified atom stereocenters. The van der Waals surface area contributed by atoms with Crippen LogP contribution >= 0.6 is 0 Å². The second kappa shape index (κ2) is 5.30. The predicted octanol–water partition coefficient (Wildman–Crippen LogP) is -0.360. The Morgan fingerprint density at radius 2 is 2.00 bits per heavy atom. The van der Waals surface area contributed by atoms with E-state index in [2.05, 4.69) is 0 Å². The van der Waals surface area contributed by atoms with E-state index in [-0.39, 0.29) is 31.2 Å². The second-order valence-corrected chi connectivity index (χ2v) is 6.51. The van der Waals surface area contributed by atoms with Crippen LogP contribution in [0.25, 0.3) is 0 Å². The minimum Gasteiger partial charge on any atom is -0.393 e. The number of rotatable bonds is 3. The van der Waals surface area contributed by atoms with Crippen molar-refractivity contribution in [3.63, 3.8) is 0 Å². The van der Waals surface area contributed by atoms with Crippen LogP contribution in [0.5, 0.6) is 0 Å². The molecule has 21 heavy (non-hydrogen) atoms. The summed E-state index contributed by atoms with van der Waals surface area (Å²) in [5, 5.41) is 11.1. The van der Waals surface area contributed by atoms with Gasteiger partial charge in [0, 0.05) is 20.1 Å². The van der Waals surface area contributed by atoms with E-state index in [0.29, 0.717) is 0 Å². The van der Waals surface area contributed by atoms with Crippen molar-refractivity contribution in [2.24, 2.45) is 0 Å². The van der Waals surface area contributed by atoms with Crippen LogP contribution in [0.15, 0.2) is 23.1 Å². The third-order valence-corrected chi connectivity index (χ3v) is 5.13. The molecular formula is C11H14N4O5S. The molecule has 1 fully saturated rings. The maximum Gasteiger partial charge on any atom is 0.312 e. The monoisotopic (exact) mass is 314 g/mol. The van der Waals surface area contributed by atoms with Crippen LogP contribution < -0.4 is 5.73 Å². The third-order valence-electron chi connectivity index (χ3n) is 3.25. The molecule has 0 saturated carbocycles. The van der Waals surface area contributed by atoms with Crippen molar-refractivity contribution in [3.05, 3.63) is 28.3 Å². The Bertz CT molecular complexity index is 703. The molecule has 1 aromatic rings. The highest BCUT2D eigenvalue weighted by Gasteiger charge is 2.36. The van der Waals surface area contributed by atoms with Crippen LogP contribution in [0.4, 0.5) is 11.4 Å². The Balaban J connectivity index is 2.48. The first kappa shape index (κ1) is 15.2. The minimum atomic E-state index is -4.15. The number of piperazine rings is 1. The van der Waals surface area contributed by atoms with Gasteiger partial charge >= 0.3 is 5.69 Å². The van der Waals surface area contributed by atoms with Crippen molar-refractivity contribution in [2.45, 2.75) is 4.90 Å². The molecule has 1 heterocycles. The van der Waals surface area contributed by atoms with Crippen LogP contribution in [0.2, 0.25) is 0 Å². The number of carbonyl (C=O) groups is 1. The van der Waals surface area contributed by atoms with Gasteiger partial charge in [0.1, 0.15) is 5.69 Å². The van der Waals surface area contributed by atoms with E-state index in [1.807, 2.05) is 0 Å². The molecule has 1 aliphatic rings. The number of sulfonamides is 1. The Labute approximate surface area is 121 Å². The van der Waals surface area contributed by atoms with Gasteiger partial charge in [-0.3, -0.25) is 14.9 Å². The number of nitro groups is 1. The third kappa shape index (κ3) is 2.67. The van der Waals surface area contributed by atoms with Gasteiger partial charge in [-0.15, -0.1) is 0 Å². The Hall–Kier alpha value is -2.20. The van der Waals surface area contributed by atoms with Crippen molar-refractivity contribution in [2.75, 3.05) is 32.4 Å². The van der Waals surface area contributed by atoms with Gasteiger partial charge in [0.25, 0.3) is 10.0 Å². The molecule has 1 aliphatic heterocycles. The predicted molar refractivity (Wildman–Crippen MR) is 73.9 cm³/mol. The number of nitrogens with two attached hydrogens (primary N) is 1. The average Bonchev–Trinajstić information content (AvgIpc) is 2.41. The number of carbonyl (C=O) groups excluding carboxylic acids is 1. The molecule has 0 spiro atoms. The Morgan fingerprint density at radius 3 is 2.57 bits per heavy atom. The van der Waals surface area contributed by atoms with Crippen LogP contribution in [-0.2, 0) is 14.8 Å². The molecule has 9 nitrogen and oxygen atoms in total. The molecule has 0 aromatic heterocycles. The normalized spacial score (nSPS) is 17.0. The second-order valence-electron chi connectivity index (χ2n) is 4.60. The van der Waals surface area contributed by atoms with Crippen molar-refractivity contribution >= 4 is 27.3 Å². The highest BCUT2D eigenvalue weighted by Crippen LogP contribution is 2.32. The van der Waals surface area contributed by atoms with E-state index in [0.717, 1.165) is 10.4 Å². The summed E-state index contributed by atoms with van der Waals surface area (Å²) < 4.78 is 26.0. The van der Waals surface area contributed by atoms with Crippen molar-refractivity contribution in [1.29, 1.82) is 0 Å². The molecule has 1 amide bonds. The lowest BCUT2D eigenvalue weighted by Crippen LogP contribution is -2.50. The van der Waals surface area contributed by atoms with Gasteiger partial charge in [0.2, 0.25) is 5.91 Å². The Morgan fingerprint density at radius 1 is 1.33 bits per heavy atom. The molecule has 114 valence electrons. The number of hydrogen-bond donors (Lipinski definition) is 1. The first-order chi connectivity index (χ1) is 9.75. The number of hydrogen-bond acceptors (Lipinski definition) is 6. The van der Waals surface area contributed by atoms with Crippen LogP contribution in [-0.4, -0.2) is 55.1 Å². The summed E-state index contributed by atoms with van der Waals surface area (Å²) in [6.45, 7) is -0.0323. The molecule has 0 aliphatic carbocycles. The van der Waals surface area contributed by atoms with E-state index in [4.69, 9.17) is 5.73 Å². The fraction of sp³-hybridized carbons (Fsp3) is 0.364. The number of para-hydroxylation sites is 1. The van der Waals surface area contributed by atoms with Gasteiger partial charge in [-0.1, -0.05) is 6.07 Å². The van der Waals surface area contributed by atoms with Gasteiger partial charge in [-0.05, 0) is 12.1 Å². The molecule has 1 saturated heterocycles. The van der Waals surface area contributed by atoms with Gasteiger partial charge in [0.15, 0.2) is 4.90 Å². The quantitative estimate of drug-likeness (QED) is 0.461. The standard InChI is InChI=1S/C11H14N4O5S/c1-13-5-6-14(7-10(13)16)21(19,20)9-4-2-3-8(12)11(9)15(17)18/h2-4H,5-7,12H2,1H3. The van der Waals surface area contributed by atoms with E-state index in [9.17, 15) is 23.3 Å². The van der Waals surface area contributed by atoms with Crippen molar-refractivity contribution in [3.8, 4) is 0 Å². The summed E-state index contributed by atoms with van der Waals surface area (Å²) in [7, 11) is -2.59. The van der Waals surface area contributed by atoms with E-state index in [1.54, 1.807) is 7.05 Å². The minimum absolute atomic E-state index is 0.0799. The van der Waals surface area contributed by atoms with Gasteiger partial charge in [0.05, 0.1) is 11.5 Å². The number of amides is 1. The zero-order chi connectivity index (χ0) is 15.8. The zero-order valence-electron chi connectivity index (χ0n) is 11.2. The lowest BCUT2D eigenvalue weighted by Gasteiger charge is -2.31. The number of likely N-dealkylation sites (N-methyl/N-ethyl adjacent to an activating group) is 1. The lowest BCUT2D eigenvalue weighted by molar-refractivity contribution is -0.386. The number of anilines is 1. The molecular weight excluding hydrogens is 300 g/mol. The van der Waals surface area contributed by atoms with Crippen molar-refractivity contribution < 1.29 is 18.1 Å². The van der Waals surface area contributed by atoms with Crippen LogP contribution in [0.3, 0.4) is 0 Å². The zero-order valence-corrected chi connectivity index (χ0v) is 12.0. The van der Waals surface area contributed by atoms with Gasteiger partial charge < -0.3 is 10.6 Å². The topological polar surface area (TPSA) is 127 Å². The SMILES string of the molecule is CN1CCN(S(=O)(=O)c2cccc(N)c2[N+](=O)[O-])CC1=O. The molecule has 1 aromatic carbocycles. The molecule has 0 bridgehead atoms. The first-order valence-corrected chi connectivity index (χ1v) is 7.46. The molecule has 0 atom stereocenters. The largest absolute Gasteiger partial charge is 0.393 e. The number of nitro benzene ring substituents is 1. The smallest absolute Gasteiger partial charge is 0.312 e. The molecule has 0 radical (unpaired) electrons. The van der Waals surface area contributed by atoms with E-state index in [1.165, 1.54) is 17.0 Å². The molecule has 2 N–H and O–H groups in total. The van der Waals surface area contributed by atoms with Crippen LogP contribution in [0.1, 0.15) is 0 Å². The lowest BCUT2D eigenvalue weighted by atomic mass is 10.3. The molecule has 2 rings (SSSR count). The number of nitrogen functional groups attached to an aromatic ring is 1. The van der Waals surface area contributed by atoms with E-state index < -0.39 is 25.5 Å². The summed E-state index contributed by atoms with van der Waals surface area (Å²) in [4.78, 5) is 22.8. The van der Waals surface area contributed by atoms with Gasteiger partial charge in [-0.2, -0.15) is 4.31 Å². The Kier molecular flexibility index (Phi) is 3.83. The summed E-state index contributed by atoms with van der Waals surface area (Å²) in [5.74, 6) is -0.364. The first-order valence-electron chi connectivity index (χ1n) is 6.02. The van der Waals surface area contributed by atoms with Crippen molar-refractivity contribution in [1.82, 2.24) is 9.21 Å². The summed E-state index contributed by atoms with van der Waals surface area (Å²) in [5.41, 5.74) is 4.60. The maximum absolute atomic E-state index is 12.5. The van der Waals surface area contributed by atoms with Crippen LogP contribution in [0, 0.1) is 10.1 Å². The van der Waals surface area contributed by atoms with E-state index >= 15 is 0 Å². The fourth-order valence-electron chi connectivity index (χ4n) is 2.02. The molecule has 10 heteroatoms. The highest BCUT2D eigenvalue weighted by molar-refractivity contribution is 7.89. The summed E-state index contributed by atoms with van der Waals surface area (Å²) in [6.07, 6.45) is 0. The summed E-state index contributed by atoms with van der Waals surface area (Å²) in [6, 6.07) is 3.70. The fourth-order valence-corrected chi connectivity index (χ4v) is 3.59. The summed E-state index contributed by atoms with van der Waals surface area (Å²) >= 11 is 0. The van der Waals surface area contributed by atoms with Gasteiger partial charge in [-0.25, -0.2) is 8.42 Å². The maximum atomic E-state index is 12.5. The number of nitrogens with zero attached hydrogens (tertiary/aromatic N) is 3. The highest BCUT2D eigenvalue weighted by atomic mass is 32.2. The number of benzene rings is 1. The average molecular weight is 314 g/mol.